The summed E-state index contributed by atoms with van der Waals surface area (Å²) < 4.78 is 19.6. The average Bonchev–Trinajstić information content (AvgIpc) is 3.23. The fourth-order valence-corrected chi connectivity index (χ4v) is 3.46. The first-order valence-electron chi connectivity index (χ1n) is 10.1. The number of anilines is 2. The van der Waals surface area contributed by atoms with Crippen LogP contribution in [0, 0.1) is 5.82 Å². The number of hydrogen-bond acceptors (Lipinski definition) is 5. The molecule has 30 heavy (non-hydrogen) atoms. The second-order valence-corrected chi connectivity index (χ2v) is 7.49. The highest BCUT2D eigenvalue weighted by Crippen LogP contribution is 2.25. The molecular formula is C23H25FN4O2. The molecule has 1 fully saturated rings. The van der Waals surface area contributed by atoms with Crippen molar-refractivity contribution in [3.05, 3.63) is 66.3 Å². The van der Waals surface area contributed by atoms with E-state index < -0.39 is 0 Å². The van der Waals surface area contributed by atoms with E-state index in [2.05, 4.69) is 27.1 Å². The van der Waals surface area contributed by atoms with Gasteiger partial charge in [0.2, 0.25) is 5.91 Å². The lowest BCUT2D eigenvalue weighted by atomic mass is 10.1. The Kier molecular flexibility index (Phi) is 6.09. The zero-order chi connectivity index (χ0) is 20.9. The lowest BCUT2D eigenvalue weighted by Crippen LogP contribution is -2.44. The molecule has 0 spiro atoms. The molecule has 0 bridgehead atoms. The molecule has 0 atom stereocenters. The van der Waals surface area contributed by atoms with Crippen LogP contribution in [0.25, 0.3) is 11.3 Å². The van der Waals surface area contributed by atoms with Gasteiger partial charge >= 0.3 is 0 Å². The molecule has 1 aliphatic heterocycles. The van der Waals surface area contributed by atoms with E-state index in [1.807, 2.05) is 12.1 Å². The SMILES string of the molecule is CN1CCN(c2ccc(NC(=O)CCc3ccc(-c4ccccc4F)o3)cn2)CC1. The van der Waals surface area contributed by atoms with E-state index in [1.54, 1.807) is 36.5 Å². The molecule has 0 radical (unpaired) electrons. The third kappa shape index (κ3) is 4.86. The quantitative estimate of drug-likeness (QED) is 0.672. The van der Waals surface area contributed by atoms with Gasteiger partial charge in [-0.1, -0.05) is 12.1 Å². The summed E-state index contributed by atoms with van der Waals surface area (Å²) in [6, 6.07) is 13.8. The molecule has 0 unspecified atom stereocenters. The Morgan fingerprint density at radius 2 is 1.90 bits per heavy atom. The molecule has 1 saturated heterocycles. The first-order chi connectivity index (χ1) is 14.6. The van der Waals surface area contributed by atoms with Crippen molar-refractivity contribution in [1.82, 2.24) is 9.88 Å². The van der Waals surface area contributed by atoms with Crippen molar-refractivity contribution >= 4 is 17.4 Å². The maximum absolute atomic E-state index is 13.9. The molecular weight excluding hydrogens is 383 g/mol. The number of nitrogens with one attached hydrogen (secondary N) is 1. The number of rotatable bonds is 6. The second-order valence-electron chi connectivity index (χ2n) is 7.49. The van der Waals surface area contributed by atoms with E-state index >= 15 is 0 Å². The number of furan rings is 1. The molecule has 3 heterocycles. The number of pyridine rings is 1. The Hall–Kier alpha value is -3.19. The van der Waals surface area contributed by atoms with Gasteiger partial charge in [-0.25, -0.2) is 9.37 Å². The number of halogens is 1. The highest BCUT2D eigenvalue weighted by Gasteiger charge is 2.15. The van der Waals surface area contributed by atoms with Crippen molar-refractivity contribution in [1.29, 1.82) is 0 Å². The minimum Gasteiger partial charge on any atom is -0.461 e. The fraction of sp³-hybridized carbons (Fsp3) is 0.304. The normalized spacial score (nSPS) is 14.7. The van der Waals surface area contributed by atoms with Crippen molar-refractivity contribution < 1.29 is 13.6 Å². The minimum absolute atomic E-state index is 0.118. The van der Waals surface area contributed by atoms with E-state index in [9.17, 15) is 9.18 Å². The van der Waals surface area contributed by atoms with Gasteiger partial charge in [0.05, 0.1) is 17.4 Å². The summed E-state index contributed by atoms with van der Waals surface area (Å²) >= 11 is 0. The number of nitrogens with zero attached hydrogens (tertiary/aromatic N) is 3. The summed E-state index contributed by atoms with van der Waals surface area (Å²) in [6.45, 7) is 3.94. The predicted octanol–water partition coefficient (Wildman–Crippen LogP) is 3.80. The summed E-state index contributed by atoms with van der Waals surface area (Å²) in [4.78, 5) is 21.3. The van der Waals surface area contributed by atoms with E-state index in [0.29, 0.717) is 29.2 Å². The van der Waals surface area contributed by atoms with Gasteiger partial charge in [-0.2, -0.15) is 0 Å². The minimum atomic E-state index is -0.330. The maximum Gasteiger partial charge on any atom is 0.224 e. The lowest BCUT2D eigenvalue weighted by molar-refractivity contribution is -0.116. The van der Waals surface area contributed by atoms with Crippen molar-refractivity contribution in [2.24, 2.45) is 0 Å². The lowest BCUT2D eigenvalue weighted by Gasteiger charge is -2.33. The van der Waals surface area contributed by atoms with Gasteiger partial charge in [0, 0.05) is 39.0 Å². The smallest absolute Gasteiger partial charge is 0.224 e. The van der Waals surface area contributed by atoms with Gasteiger partial charge < -0.3 is 19.5 Å². The van der Waals surface area contributed by atoms with Crippen LogP contribution in [-0.2, 0) is 11.2 Å². The Bertz CT molecular complexity index is 994. The topological polar surface area (TPSA) is 61.6 Å². The molecule has 2 aromatic heterocycles. The number of aromatic nitrogens is 1. The van der Waals surface area contributed by atoms with Gasteiger partial charge in [0.15, 0.2) is 0 Å². The summed E-state index contributed by atoms with van der Waals surface area (Å²) in [5.41, 5.74) is 1.09. The van der Waals surface area contributed by atoms with Crippen molar-refractivity contribution in [2.75, 3.05) is 43.4 Å². The molecule has 1 aliphatic rings. The third-order valence-corrected chi connectivity index (χ3v) is 5.26. The van der Waals surface area contributed by atoms with Gasteiger partial charge in [0.1, 0.15) is 23.2 Å². The Morgan fingerprint density at radius 3 is 2.63 bits per heavy atom. The standard InChI is InChI=1S/C23H25FN4O2/c1-27-12-14-28(15-13-27)22-10-6-17(16-25-22)26-23(29)11-8-18-7-9-21(30-18)19-4-2-3-5-20(19)24/h2-7,9-10,16H,8,11-15H2,1H3,(H,26,29). The molecule has 7 heteroatoms. The number of carbonyl (C=O) groups excluding carboxylic acids is 1. The highest BCUT2D eigenvalue weighted by molar-refractivity contribution is 5.90. The summed E-state index contributed by atoms with van der Waals surface area (Å²) in [5, 5.41) is 2.87. The average molecular weight is 408 g/mol. The Balaban J connectivity index is 1.28. The largest absolute Gasteiger partial charge is 0.461 e. The van der Waals surface area contributed by atoms with Crippen molar-refractivity contribution in [3.8, 4) is 11.3 Å². The monoisotopic (exact) mass is 408 g/mol. The van der Waals surface area contributed by atoms with E-state index in [-0.39, 0.29) is 18.1 Å². The van der Waals surface area contributed by atoms with E-state index in [4.69, 9.17) is 4.42 Å². The number of benzene rings is 1. The molecule has 1 N–H and O–H groups in total. The van der Waals surface area contributed by atoms with Crippen LogP contribution in [-0.4, -0.2) is 49.0 Å². The molecule has 0 aliphatic carbocycles. The van der Waals surface area contributed by atoms with Gasteiger partial charge in [-0.3, -0.25) is 4.79 Å². The van der Waals surface area contributed by atoms with Crippen LogP contribution in [0.5, 0.6) is 0 Å². The molecule has 1 aromatic carbocycles. The summed E-state index contributed by atoms with van der Waals surface area (Å²) in [5.74, 6) is 1.59. The van der Waals surface area contributed by atoms with Crippen LogP contribution < -0.4 is 10.2 Å². The third-order valence-electron chi connectivity index (χ3n) is 5.26. The zero-order valence-corrected chi connectivity index (χ0v) is 17.0. The van der Waals surface area contributed by atoms with Gasteiger partial charge in [-0.15, -0.1) is 0 Å². The van der Waals surface area contributed by atoms with Crippen LogP contribution in [0.3, 0.4) is 0 Å². The molecule has 0 saturated carbocycles. The van der Waals surface area contributed by atoms with Crippen LogP contribution in [0.1, 0.15) is 12.2 Å². The van der Waals surface area contributed by atoms with Crippen LogP contribution >= 0.6 is 0 Å². The number of likely N-dealkylation sites (N-methyl/N-ethyl adjacent to an activating group) is 1. The number of carbonyl (C=O) groups is 1. The molecule has 3 aromatic rings. The summed E-state index contributed by atoms with van der Waals surface area (Å²) in [6.07, 6.45) is 2.40. The van der Waals surface area contributed by atoms with Gasteiger partial charge in [-0.05, 0) is 43.4 Å². The first-order valence-corrected chi connectivity index (χ1v) is 10.1. The van der Waals surface area contributed by atoms with Gasteiger partial charge in [0.25, 0.3) is 0 Å². The Morgan fingerprint density at radius 1 is 1.10 bits per heavy atom. The number of amides is 1. The number of piperazine rings is 1. The number of aryl methyl sites for hydroxylation is 1. The fourth-order valence-electron chi connectivity index (χ4n) is 3.46. The maximum atomic E-state index is 13.9. The molecule has 4 rings (SSSR count). The van der Waals surface area contributed by atoms with Crippen LogP contribution in [0.4, 0.5) is 15.9 Å². The van der Waals surface area contributed by atoms with Crippen molar-refractivity contribution in [2.45, 2.75) is 12.8 Å². The van der Waals surface area contributed by atoms with Crippen LogP contribution in [0.2, 0.25) is 0 Å². The van der Waals surface area contributed by atoms with E-state index in [0.717, 1.165) is 32.0 Å². The molecule has 156 valence electrons. The molecule has 6 nitrogen and oxygen atoms in total. The number of hydrogen-bond donors (Lipinski definition) is 1. The molecule has 1 amide bonds. The van der Waals surface area contributed by atoms with Crippen molar-refractivity contribution in [3.63, 3.8) is 0 Å². The van der Waals surface area contributed by atoms with E-state index in [1.165, 1.54) is 6.07 Å². The Labute approximate surface area is 175 Å². The second kappa shape index (κ2) is 9.09. The highest BCUT2D eigenvalue weighted by atomic mass is 19.1. The first kappa shape index (κ1) is 20.1. The summed E-state index contributed by atoms with van der Waals surface area (Å²) in [7, 11) is 2.12. The van der Waals surface area contributed by atoms with Crippen LogP contribution in [0.15, 0.2) is 59.1 Å². The zero-order valence-electron chi connectivity index (χ0n) is 17.0. The predicted molar refractivity (Wildman–Crippen MR) is 115 cm³/mol.